The molecule has 0 spiro atoms. The molecule has 0 unspecified atom stereocenters. The largest absolute Gasteiger partial charge is 0.505 e. The van der Waals surface area contributed by atoms with Gasteiger partial charge in [0.15, 0.2) is 16.6 Å². The van der Waals surface area contributed by atoms with E-state index in [1.807, 2.05) is 0 Å². The molecule has 136 valence electrons. The molecule has 0 saturated heterocycles. The van der Waals surface area contributed by atoms with E-state index in [9.17, 15) is 20.0 Å². The second kappa shape index (κ2) is 8.17. The topological polar surface area (TPSA) is 114 Å². The highest BCUT2D eigenvalue weighted by Gasteiger charge is 2.19. The zero-order valence-corrected chi connectivity index (χ0v) is 15.4. The molecular formula is C15H11Cl2N3O5S. The van der Waals surface area contributed by atoms with Gasteiger partial charge in [-0.25, -0.2) is 0 Å². The molecule has 0 aliphatic rings. The molecule has 26 heavy (non-hydrogen) atoms. The van der Waals surface area contributed by atoms with Crippen LogP contribution in [0.25, 0.3) is 0 Å². The third-order valence-corrected chi connectivity index (χ3v) is 3.92. The van der Waals surface area contributed by atoms with E-state index in [1.165, 1.54) is 31.4 Å². The van der Waals surface area contributed by atoms with Crippen LogP contribution in [-0.2, 0) is 0 Å². The van der Waals surface area contributed by atoms with Crippen LogP contribution in [0, 0.1) is 10.1 Å². The number of benzene rings is 2. The van der Waals surface area contributed by atoms with Crippen molar-refractivity contribution >= 4 is 57.8 Å². The first-order chi connectivity index (χ1) is 12.2. The van der Waals surface area contributed by atoms with Gasteiger partial charge in [0.1, 0.15) is 0 Å². The molecule has 2 aromatic carbocycles. The van der Waals surface area contributed by atoms with Gasteiger partial charge in [0.2, 0.25) is 0 Å². The van der Waals surface area contributed by atoms with Gasteiger partial charge in [-0.15, -0.1) is 0 Å². The summed E-state index contributed by atoms with van der Waals surface area (Å²) in [6, 6.07) is 6.46. The standard InChI is InChI=1S/C15H11Cl2N3O5S/c1-25-12-3-2-7(4-11(12)20(23)24)14(22)19-15(26)18-8-5-9(16)13(21)10(17)6-8/h2-6,21H,1H3,(H2,18,19,22,26). The second-order valence-electron chi connectivity index (χ2n) is 4.84. The van der Waals surface area contributed by atoms with Gasteiger partial charge in [-0.2, -0.15) is 0 Å². The summed E-state index contributed by atoms with van der Waals surface area (Å²) in [6.45, 7) is 0. The Morgan fingerprint density at radius 1 is 1.27 bits per heavy atom. The lowest BCUT2D eigenvalue weighted by atomic mass is 10.1. The summed E-state index contributed by atoms with van der Waals surface area (Å²) in [6.07, 6.45) is 0. The normalized spacial score (nSPS) is 10.1. The minimum absolute atomic E-state index is 0.0000873. The number of phenols is 1. The lowest BCUT2D eigenvalue weighted by Crippen LogP contribution is -2.34. The monoisotopic (exact) mass is 415 g/mol. The number of carbonyl (C=O) groups is 1. The number of methoxy groups -OCH3 is 1. The van der Waals surface area contributed by atoms with Gasteiger partial charge < -0.3 is 15.2 Å². The van der Waals surface area contributed by atoms with Crippen molar-refractivity contribution in [3.05, 3.63) is 56.1 Å². The zero-order valence-electron chi connectivity index (χ0n) is 13.1. The van der Waals surface area contributed by atoms with Crippen LogP contribution in [0.3, 0.4) is 0 Å². The number of phenolic OH excluding ortho intramolecular Hbond substituents is 1. The first kappa shape index (κ1) is 19.7. The molecule has 0 aromatic heterocycles. The Bertz CT molecular complexity index is 884. The highest BCUT2D eigenvalue weighted by molar-refractivity contribution is 7.80. The summed E-state index contributed by atoms with van der Waals surface area (Å²) < 4.78 is 4.88. The molecule has 0 radical (unpaired) electrons. The highest BCUT2D eigenvalue weighted by atomic mass is 35.5. The van der Waals surface area contributed by atoms with E-state index < -0.39 is 10.8 Å². The second-order valence-corrected chi connectivity index (χ2v) is 6.06. The minimum atomic E-state index is -0.663. The molecule has 3 N–H and O–H groups in total. The van der Waals surface area contributed by atoms with E-state index in [0.29, 0.717) is 5.69 Å². The number of nitro groups is 1. The summed E-state index contributed by atoms with van der Waals surface area (Å²) in [5.41, 5.74) is 0.00311. The van der Waals surface area contributed by atoms with Gasteiger partial charge in [0, 0.05) is 17.3 Å². The first-order valence-electron chi connectivity index (χ1n) is 6.85. The number of aromatic hydroxyl groups is 1. The summed E-state index contributed by atoms with van der Waals surface area (Å²) in [4.78, 5) is 22.6. The van der Waals surface area contributed by atoms with Crippen LogP contribution in [0.5, 0.6) is 11.5 Å². The summed E-state index contributed by atoms with van der Waals surface area (Å²) in [5.74, 6) is -0.913. The van der Waals surface area contributed by atoms with Crippen molar-refractivity contribution in [2.24, 2.45) is 0 Å². The van der Waals surface area contributed by atoms with E-state index in [4.69, 9.17) is 40.2 Å². The first-order valence-corrected chi connectivity index (χ1v) is 8.02. The van der Waals surface area contributed by atoms with E-state index in [1.54, 1.807) is 0 Å². The van der Waals surface area contributed by atoms with Gasteiger partial charge >= 0.3 is 5.69 Å². The van der Waals surface area contributed by atoms with Crippen LogP contribution in [0.2, 0.25) is 10.0 Å². The number of amides is 1. The van der Waals surface area contributed by atoms with E-state index in [-0.39, 0.29) is 37.9 Å². The number of ether oxygens (including phenoxy) is 1. The van der Waals surface area contributed by atoms with Crippen molar-refractivity contribution in [3.63, 3.8) is 0 Å². The van der Waals surface area contributed by atoms with Crippen LogP contribution in [0.15, 0.2) is 30.3 Å². The fourth-order valence-electron chi connectivity index (χ4n) is 1.95. The number of nitrogens with zero attached hydrogens (tertiary/aromatic N) is 1. The van der Waals surface area contributed by atoms with Crippen LogP contribution < -0.4 is 15.4 Å². The Morgan fingerprint density at radius 2 is 1.88 bits per heavy atom. The quantitative estimate of drug-likeness (QED) is 0.301. The SMILES string of the molecule is COc1ccc(C(=O)NC(=S)Nc2cc(Cl)c(O)c(Cl)c2)cc1[N+](=O)[O-]. The summed E-state index contributed by atoms with van der Waals surface area (Å²) in [5, 5.41) is 25.5. The third-order valence-electron chi connectivity index (χ3n) is 3.14. The van der Waals surface area contributed by atoms with Crippen molar-refractivity contribution in [2.75, 3.05) is 12.4 Å². The van der Waals surface area contributed by atoms with Gasteiger partial charge in [-0.3, -0.25) is 20.2 Å². The average Bonchev–Trinajstić information content (AvgIpc) is 2.58. The van der Waals surface area contributed by atoms with E-state index in [2.05, 4.69) is 10.6 Å². The molecule has 8 nitrogen and oxygen atoms in total. The van der Waals surface area contributed by atoms with E-state index >= 15 is 0 Å². The van der Waals surface area contributed by atoms with Crippen molar-refractivity contribution in [2.45, 2.75) is 0 Å². The lowest BCUT2D eigenvalue weighted by Gasteiger charge is -2.11. The molecule has 0 aliphatic carbocycles. The third kappa shape index (κ3) is 4.51. The number of hydrogen-bond donors (Lipinski definition) is 3. The van der Waals surface area contributed by atoms with Crippen molar-refractivity contribution in [1.29, 1.82) is 0 Å². The van der Waals surface area contributed by atoms with Gasteiger partial charge in [-0.05, 0) is 36.5 Å². The number of nitrogens with one attached hydrogen (secondary N) is 2. The lowest BCUT2D eigenvalue weighted by molar-refractivity contribution is -0.385. The maximum Gasteiger partial charge on any atom is 0.311 e. The smallest absolute Gasteiger partial charge is 0.311 e. The Balaban J connectivity index is 2.13. The molecule has 1 amide bonds. The average molecular weight is 416 g/mol. The van der Waals surface area contributed by atoms with Gasteiger partial charge in [0.25, 0.3) is 5.91 Å². The molecule has 0 aliphatic heterocycles. The van der Waals surface area contributed by atoms with Crippen LogP contribution in [0.1, 0.15) is 10.4 Å². The molecule has 11 heteroatoms. The Labute approximate surface area is 162 Å². The highest BCUT2D eigenvalue weighted by Crippen LogP contribution is 2.34. The molecule has 0 atom stereocenters. The minimum Gasteiger partial charge on any atom is -0.505 e. The predicted octanol–water partition coefficient (Wildman–Crippen LogP) is 3.74. The molecule has 0 bridgehead atoms. The number of anilines is 1. The number of rotatable bonds is 4. The fourth-order valence-corrected chi connectivity index (χ4v) is 2.65. The molecule has 0 heterocycles. The van der Waals surface area contributed by atoms with Crippen LogP contribution in [-0.4, -0.2) is 28.2 Å². The zero-order chi connectivity index (χ0) is 19.4. The Hall–Kier alpha value is -2.62. The summed E-state index contributed by atoms with van der Waals surface area (Å²) in [7, 11) is 1.29. The molecule has 2 aromatic rings. The van der Waals surface area contributed by atoms with Crippen LogP contribution >= 0.6 is 35.4 Å². The number of hydrogen-bond acceptors (Lipinski definition) is 6. The van der Waals surface area contributed by atoms with Crippen LogP contribution in [0.4, 0.5) is 11.4 Å². The number of thiocarbonyl (C=S) groups is 1. The number of nitro benzene ring substituents is 1. The predicted molar refractivity (Wildman–Crippen MR) is 101 cm³/mol. The fraction of sp³-hybridized carbons (Fsp3) is 0.0667. The molecular weight excluding hydrogens is 405 g/mol. The maximum absolute atomic E-state index is 12.2. The van der Waals surface area contributed by atoms with E-state index in [0.717, 1.165) is 6.07 Å². The van der Waals surface area contributed by atoms with Crippen molar-refractivity contribution in [3.8, 4) is 11.5 Å². The number of carbonyl (C=O) groups excluding carboxylic acids is 1. The molecule has 2 rings (SSSR count). The molecule has 0 fully saturated rings. The summed E-state index contributed by atoms with van der Waals surface area (Å²) >= 11 is 16.6. The Kier molecular flexibility index (Phi) is 6.19. The Morgan fingerprint density at radius 3 is 2.42 bits per heavy atom. The van der Waals surface area contributed by atoms with Crippen molar-refractivity contribution < 1.29 is 19.6 Å². The van der Waals surface area contributed by atoms with Gasteiger partial charge in [-0.1, -0.05) is 23.2 Å². The maximum atomic E-state index is 12.2. The van der Waals surface area contributed by atoms with Gasteiger partial charge in [0.05, 0.1) is 22.1 Å². The van der Waals surface area contributed by atoms with Crippen molar-refractivity contribution in [1.82, 2.24) is 5.32 Å². The number of halogens is 2. The molecule has 0 saturated carbocycles.